The summed E-state index contributed by atoms with van der Waals surface area (Å²) in [6, 6.07) is 6.12. The van der Waals surface area contributed by atoms with E-state index in [0.29, 0.717) is 6.42 Å². The van der Waals surface area contributed by atoms with Gasteiger partial charge in [-0.2, -0.15) is 0 Å². The van der Waals surface area contributed by atoms with Crippen LogP contribution < -0.4 is 0 Å². The van der Waals surface area contributed by atoms with E-state index in [0.717, 1.165) is 4.47 Å². The van der Waals surface area contributed by atoms with E-state index in [1.54, 1.807) is 19.1 Å². The predicted molar refractivity (Wildman–Crippen MR) is 75.3 cm³/mol. The Morgan fingerprint density at radius 1 is 1.37 bits per heavy atom. The molecule has 0 radical (unpaired) electrons. The Bertz CT molecular complexity index is 580. The van der Waals surface area contributed by atoms with E-state index in [-0.39, 0.29) is 10.6 Å². The highest BCUT2D eigenvalue weighted by Gasteiger charge is 2.26. The fraction of sp³-hybridized carbons (Fsp3) is 0.333. The van der Waals surface area contributed by atoms with E-state index in [1.165, 1.54) is 12.1 Å². The van der Waals surface area contributed by atoms with Crippen molar-refractivity contribution >= 4 is 37.4 Å². The summed E-state index contributed by atoms with van der Waals surface area (Å²) in [6.07, 6.45) is 0.293. The highest BCUT2D eigenvalue weighted by atomic mass is 79.9. The molecule has 0 fully saturated rings. The SMILES string of the molecule is CC[C@H](CS(=O)(=O)c1ccc(Br)cc1)C(=N)C(=O)O. The molecule has 0 aromatic heterocycles. The van der Waals surface area contributed by atoms with Gasteiger partial charge in [0.05, 0.1) is 10.6 Å². The van der Waals surface area contributed by atoms with Gasteiger partial charge >= 0.3 is 5.97 Å². The number of rotatable bonds is 6. The lowest BCUT2D eigenvalue weighted by Crippen LogP contribution is -2.28. The Balaban J connectivity index is 2.98. The average Bonchev–Trinajstić information content (AvgIpc) is 2.35. The van der Waals surface area contributed by atoms with Crippen molar-refractivity contribution in [3.05, 3.63) is 28.7 Å². The molecule has 1 atom stereocenters. The van der Waals surface area contributed by atoms with Crippen molar-refractivity contribution in [2.75, 3.05) is 5.75 Å². The molecule has 0 saturated heterocycles. The summed E-state index contributed by atoms with van der Waals surface area (Å²) < 4.78 is 25.0. The van der Waals surface area contributed by atoms with E-state index in [4.69, 9.17) is 10.5 Å². The van der Waals surface area contributed by atoms with Gasteiger partial charge in [0, 0.05) is 10.4 Å². The maximum Gasteiger partial charge on any atom is 0.349 e. The molecular formula is C12H14BrNO4S. The van der Waals surface area contributed by atoms with Crippen molar-refractivity contribution in [1.82, 2.24) is 0 Å². The van der Waals surface area contributed by atoms with Crippen molar-refractivity contribution in [2.45, 2.75) is 18.2 Å². The van der Waals surface area contributed by atoms with Gasteiger partial charge in [-0.05, 0) is 30.7 Å². The Hall–Kier alpha value is -1.21. The molecule has 0 aliphatic rings. The van der Waals surface area contributed by atoms with Crippen LogP contribution in [0.5, 0.6) is 0 Å². The van der Waals surface area contributed by atoms with Gasteiger partial charge in [-0.25, -0.2) is 13.2 Å². The summed E-state index contributed by atoms with van der Waals surface area (Å²) in [4.78, 5) is 10.9. The molecule has 1 aromatic rings. The number of halogens is 1. The summed E-state index contributed by atoms with van der Waals surface area (Å²) in [5.41, 5.74) is -0.566. The molecule has 0 saturated carbocycles. The maximum atomic E-state index is 12.1. The highest BCUT2D eigenvalue weighted by Crippen LogP contribution is 2.19. The van der Waals surface area contributed by atoms with Crippen LogP contribution in [-0.4, -0.2) is 31.0 Å². The number of sulfone groups is 1. The third-order valence-corrected chi connectivity index (χ3v) is 5.09. The quantitative estimate of drug-likeness (QED) is 0.772. The van der Waals surface area contributed by atoms with Crippen molar-refractivity contribution in [3.63, 3.8) is 0 Å². The van der Waals surface area contributed by atoms with E-state index >= 15 is 0 Å². The first-order valence-corrected chi connectivity index (χ1v) is 8.02. The molecular weight excluding hydrogens is 334 g/mol. The van der Waals surface area contributed by atoms with Crippen molar-refractivity contribution < 1.29 is 18.3 Å². The highest BCUT2D eigenvalue weighted by molar-refractivity contribution is 9.10. The van der Waals surface area contributed by atoms with Crippen LogP contribution in [0.3, 0.4) is 0 Å². The first-order chi connectivity index (χ1) is 8.77. The summed E-state index contributed by atoms with van der Waals surface area (Å²) >= 11 is 3.21. The third-order valence-electron chi connectivity index (χ3n) is 2.72. The fourth-order valence-corrected chi connectivity index (χ4v) is 3.52. The Kier molecular flexibility index (Phi) is 5.25. The standard InChI is InChI=1S/C12H14BrNO4S/c1-2-8(11(14)12(15)16)7-19(17,18)10-5-3-9(13)4-6-10/h3-6,8,14H,2,7H2,1H3,(H,15,16)/t8-/m1/s1. The molecule has 0 spiro atoms. The second-order valence-electron chi connectivity index (χ2n) is 4.06. The number of benzene rings is 1. The Labute approximate surface area is 120 Å². The van der Waals surface area contributed by atoms with E-state index in [9.17, 15) is 13.2 Å². The van der Waals surface area contributed by atoms with Gasteiger partial charge < -0.3 is 5.11 Å². The lowest BCUT2D eigenvalue weighted by atomic mass is 10.0. The number of carbonyl (C=O) groups is 1. The smallest absolute Gasteiger partial charge is 0.349 e. The summed E-state index contributed by atoms with van der Waals surface area (Å²) in [5, 5.41) is 16.2. The van der Waals surface area contributed by atoms with Gasteiger partial charge in [-0.3, -0.25) is 5.41 Å². The molecule has 1 aromatic carbocycles. The molecule has 104 valence electrons. The maximum absolute atomic E-state index is 12.1. The number of carboxylic acids is 1. The monoisotopic (exact) mass is 347 g/mol. The van der Waals surface area contributed by atoms with Gasteiger partial charge in [0.25, 0.3) is 0 Å². The number of nitrogens with one attached hydrogen (secondary N) is 1. The van der Waals surface area contributed by atoms with Crippen molar-refractivity contribution in [3.8, 4) is 0 Å². The molecule has 0 aliphatic heterocycles. The molecule has 0 bridgehead atoms. The number of carboxylic acid groups (broad SMARTS) is 1. The van der Waals surface area contributed by atoms with Crippen molar-refractivity contribution in [1.29, 1.82) is 5.41 Å². The fourth-order valence-electron chi connectivity index (χ4n) is 1.58. The molecule has 19 heavy (non-hydrogen) atoms. The summed E-state index contributed by atoms with van der Waals surface area (Å²) in [7, 11) is -3.59. The van der Waals surface area contributed by atoms with Gasteiger partial charge in [-0.15, -0.1) is 0 Å². The molecule has 0 aliphatic carbocycles. The molecule has 1 rings (SSSR count). The first kappa shape index (κ1) is 15.8. The topological polar surface area (TPSA) is 95.3 Å². The zero-order chi connectivity index (χ0) is 14.6. The van der Waals surface area contributed by atoms with Gasteiger partial charge in [-0.1, -0.05) is 22.9 Å². The average molecular weight is 348 g/mol. The lowest BCUT2D eigenvalue weighted by molar-refractivity contribution is -0.129. The molecule has 0 heterocycles. The minimum atomic E-state index is -3.59. The molecule has 5 nitrogen and oxygen atoms in total. The van der Waals surface area contributed by atoms with Gasteiger partial charge in [0.15, 0.2) is 9.84 Å². The van der Waals surface area contributed by atoms with E-state index < -0.39 is 27.4 Å². The number of hydrogen-bond donors (Lipinski definition) is 2. The zero-order valence-corrected chi connectivity index (χ0v) is 12.7. The normalized spacial score (nSPS) is 12.9. The second kappa shape index (κ2) is 6.29. The van der Waals surface area contributed by atoms with Crippen LogP contribution in [-0.2, 0) is 14.6 Å². The summed E-state index contributed by atoms with van der Waals surface area (Å²) in [6.45, 7) is 1.67. The first-order valence-electron chi connectivity index (χ1n) is 5.58. The minimum Gasteiger partial charge on any atom is -0.477 e. The largest absolute Gasteiger partial charge is 0.477 e. The predicted octanol–water partition coefficient (Wildman–Crippen LogP) is 2.35. The van der Waals surface area contributed by atoms with Crippen LogP contribution in [0, 0.1) is 11.3 Å². The molecule has 0 unspecified atom stereocenters. The van der Waals surface area contributed by atoms with Crippen molar-refractivity contribution in [2.24, 2.45) is 5.92 Å². The summed E-state index contributed by atoms with van der Waals surface area (Å²) in [5.74, 6) is -2.54. The van der Waals surface area contributed by atoms with Gasteiger partial charge in [0.1, 0.15) is 5.71 Å². The number of hydrogen-bond acceptors (Lipinski definition) is 4. The molecule has 0 amide bonds. The molecule has 7 heteroatoms. The van der Waals surface area contributed by atoms with Crippen LogP contribution >= 0.6 is 15.9 Å². The van der Waals surface area contributed by atoms with Crippen LogP contribution in [0.25, 0.3) is 0 Å². The van der Waals surface area contributed by atoms with Crippen LogP contribution in [0.15, 0.2) is 33.6 Å². The third kappa shape index (κ3) is 4.14. The van der Waals surface area contributed by atoms with Crippen LogP contribution in [0.1, 0.15) is 13.3 Å². The van der Waals surface area contributed by atoms with Crippen LogP contribution in [0.4, 0.5) is 0 Å². The van der Waals surface area contributed by atoms with Crippen LogP contribution in [0.2, 0.25) is 0 Å². The van der Waals surface area contributed by atoms with E-state index in [1.807, 2.05) is 0 Å². The van der Waals surface area contributed by atoms with E-state index in [2.05, 4.69) is 15.9 Å². The van der Waals surface area contributed by atoms with Gasteiger partial charge in [0.2, 0.25) is 0 Å². The number of aliphatic carboxylic acids is 1. The zero-order valence-electron chi connectivity index (χ0n) is 10.3. The Morgan fingerprint density at radius 3 is 2.32 bits per heavy atom. The Morgan fingerprint density at radius 2 is 1.89 bits per heavy atom. The molecule has 2 N–H and O–H groups in total. The lowest BCUT2D eigenvalue weighted by Gasteiger charge is -2.13. The minimum absolute atomic E-state index is 0.132. The second-order valence-corrected chi connectivity index (χ2v) is 7.01.